The van der Waals surface area contributed by atoms with Crippen LogP contribution >= 0.6 is 0 Å². The zero-order chi connectivity index (χ0) is 12.8. The van der Waals surface area contributed by atoms with Crippen LogP contribution in [0.1, 0.15) is 24.8 Å². The van der Waals surface area contributed by atoms with E-state index in [0.717, 1.165) is 13.0 Å². The molecule has 0 saturated heterocycles. The van der Waals surface area contributed by atoms with Gasteiger partial charge in [0, 0.05) is 12.7 Å². The average molecular weight is 242 g/mol. The van der Waals surface area contributed by atoms with Gasteiger partial charge in [0.25, 0.3) is 0 Å². The van der Waals surface area contributed by atoms with Gasteiger partial charge in [-0.1, -0.05) is 37.3 Å². The van der Waals surface area contributed by atoms with Gasteiger partial charge in [0.1, 0.15) is 5.82 Å². The Bertz CT molecular complexity index is 484. The summed E-state index contributed by atoms with van der Waals surface area (Å²) in [6, 6.07) is 12.2. The van der Waals surface area contributed by atoms with Crippen LogP contribution in [0.5, 0.6) is 0 Å². The Balaban J connectivity index is 1.82. The van der Waals surface area contributed by atoms with Gasteiger partial charge in [0.15, 0.2) is 0 Å². The molecule has 1 heterocycles. The SMILES string of the molecule is CC(CCNc1nccc(N)n1)c1ccccc1. The van der Waals surface area contributed by atoms with Crippen LogP contribution in [0.2, 0.25) is 0 Å². The molecule has 3 N–H and O–H groups in total. The van der Waals surface area contributed by atoms with Crippen molar-refractivity contribution in [3.05, 3.63) is 48.2 Å². The van der Waals surface area contributed by atoms with Crippen LogP contribution in [0.15, 0.2) is 42.6 Å². The molecule has 0 saturated carbocycles. The number of nitrogens with one attached hydrogen (secondary N) is 1. The molecule has 0 aliphatic rings. The lowest BCUT2D eigenvalue weighted by Crippen LogP contribution is -2.09. The Hall–Kier alpha value is -2.10. The lowest BCUT2D eigenvalue weighted by Gasteiger charge is -2.12. The van der Waals surface area contributed by atoms with Crippen molar-refractivity contribution in [2.24, 2.45) is 0 Å². The summed E-state index contributed by atoms with van der Waals surface area (Å²) in [5.74, 6) is 1.60. The smallest absolute Gasteiger partial charge is 0.224 e. The van der Waals surface area contributed by atoms with Crippen LogP contribution in [0, 0.1) is 0 Å². The van der Waals surface area contributed by atoms with E-state index in [-0.39, 0.29) is 0 Å². The Morgan fingerprint density at radius 1 is 1.22 bits per heavy atom. The Morgan fingerprint density at radius 2 is 2.00 bits per heavy atom. The molecule has 0 amide bonds. The van der Waals surface area contributed by atoms with Crippen LogP contribution in [0.25, 0.3) is 0 Å². The summed E-state index contributed by atoms with van der Waals surface area (Å²) >= 11 is 0. The van der Waals surface area contributed by atoms with Gasteiger partial charge in [-0.3, -0.25) is 0 Å². The van der Waals surface area contributed by atoms with Crippen LogP contribution < -0.4 is 11.1 Å². The van der Waals surface area contributed by atoms with E-state index in [1.165, 1.54) is 5.56 Å². The minimum Gasteiger partial charge on any atom is -0.384 e. The van der Waals surface area contributed by atoms with Gasteiger partial charge in [-0.15, -0.1) is 0 Å². The molecular weight excluding hydrogens is 224 g/mol. The predicted octanol–water partition coefficient (Wildman–Crippen LogP) is 2.66. The molecular formula is C14H18N4. The fraction of sp³-hybridized carbons (Fsp3) is 0.286. The molecule has 0 aliphatic heterocycles. The van der Waals surface area contributed by atoms with E-state index in [0.29, 0.717) is 17.7 Å². The largest absolute Gasteiger partial charge is 0.384 e. The van der Waals surface area contributed by atoms with Crippen LogP contribution in [0.3, 0.4) is 0 Å². The number of nitrogens with zero attached hydrogens (tertiary/aromatic N) is 2. The Labute approximate surface area is 107 Å². The summed E-state index contributed by atoms with van der Waals surface area (Å²) in [6.45, 7) is 3.05. The van der Waals surface area contributed by atoms with E-state index < -0.39 is 0 Å². The molecule has 4 nitrogen and oxygen atoms in total. The number of hydrogen-bond acceptors (Lipinski definition) is 4. The highest BCUT2D eigenvalue weighted by atomic mass is 15.1. The third-order valence-corrected chi connectivity index (χ3v) is 2.91. The normalized spacial score (nSPS) is 12.1. The molecule has 18 heavy (non-hydrogen) atoms. The zero-order valence-electron chi connectivity index (χ0n) is 10.5. The van der Waals surface area contributed by atoms with Gasteiger partial charge < -0.3 is 11.1 Å². The standard InChI is InChI=1S/C14H18N4/c1-11(12-5-3-2-4-6-12)7-9-16-14-17-10-8-13(15)18-14/h2-6,8,10-11H,7,9H2,1H3,(H3,15,16,17,18). The van der Waals surface area contributed by atoms with Crippen molar-refractivity contribution in [3.63, 3.8) is 0 Å². The van der Waals surface area contributed by atoms with Gasteiger partial charge in [-0.25, -0.2) is 4.98 Å². The van der Waals surface area contributed by atoms with Gasteiger partial charge >= 0.3 is 0 Å². The summed E-state index contributed by atoms with van der Waals surface area (Å²) in [4.78, 5) is 8.21. The maximum atomic E-state index is 5.59. The van der Waals surface area contributed by atoms with E-state index in [9.17, 15) is 0 Å². The van der Waals surface area contributed by atoms with Crippen LogP contribution in [0.4, 0.5) is 11.8 Å². The second-order valence-electron chi connectivity index (χ2n) is 4.33. The minimum absolute atomic E-state index is 0.489. The third kappa shape index (κ3) is 3.45. The first-order valence-corrected chi connectivity index (χ1v) is 6.13. The van der Waals surface area contributed by atoms with Gasteiger partial charge in [-0.2, -0.15) is 4.98 Å². The number of rotatable bonds is 5. The molecule has 1 aromatic carbocycles. The maximum absolute atomic E-state index is 5.59. The Kier molecular flexibility index (Phi) is 4.12. The first kappa shape index (κ1) is 12.4. The van der Waals surface area contributed by atoms with Gasteiger partial charge in [0.05, 0.1) is 0 Å². The second kappa shape index (κ2) is 6.00. The monoisotopic (exact) mass is 242 g/mol. The van der Waals surface area contributed by atoms with Crippen molar-refractivity contribution < 1.29 is 0 Å². The number of anilines is 2. The van der Waals surface area contributed by atoms with Crippen molar-refractivity contribution >= 4 is 11.8 Å². The summed E-state index contributed by atoms with van der Waals surface area (Å²) in [7, 11) is 0. The fourth-order valence-corrected chi connectivity index (χ4v) is 1.81. The van der Waals surface area contributed by atoms with Gasteiger partial charge in [0.2, 0.25) is 5.95 Å². The van der Waals surface area contributed by atoms with Crippen LogP contribution in [-0.2, 0) is 0 Å². The first-order valence-electron chi connectivity index (χ1n) is 6.13. The molecule has 1 atom stereocenters. The van der Waals surface area contributed by atoms with Gasteiger partial charge in [-0.05, 0) is 24.0 Å². The summed E-state index contributed by atoms with van der Waals surface area (Å²) < 4.78 is 0. The highest BCUT2D eigenvalue weighted by Gasteiger charge is 2.04. The highest BCUT2D eigenvalue weighted by molar-refractivity contribution is 5.34. The van der Waals surface area contributed by atoms with Crippen molar-refractivity contribution in [1.29, 1.82) is 0 Å². The quantitative estimate of drug-likeness (QED) is 0.846. The molecule has 0 fully saturated rings. The molecule has 1 unspecified atom stereocenters. The lowest BCUT2D eigenvalue weighted by molar-refractivity contribution is 0.703. The second-order valence-corrected chi connectivity index (χ2v) is 4.33. The minimum atomic E-state index is 0.489. The molecule has 0 spiro atoms. The molecule has 1 aromatic heterocycles. The predicted molar refractivity (Wildman–Crippen MR) is 74.4 cm³/mol. The number of benzene rings is 1. The molecule has 0 radical (unpaired) electrons. The zero-order valence-corrected chi connectivity index (χ0v) is 10.5. The van der Waals surface area contributed by atoms with Crippen molar-refractivity contribution in [2.45, 2.75) is 19.3 Å². The molecule has 2 rings (SSSR count). The summed E-state index contributed by atoms with van der Waals surface area (Å²) in [5, 5.41) is 3.18. The molecule has 0 bridgehead atoms. The maximum Gasteiger partial charge on any atom is 0.224 e. The molecule has 94 valence electrons. The van der Waals surface area contributed by atoms with E-state index >= 15 is 0 Å². The first-order chi connectivity index (χ1) is 8.75. The topological polar surface area (TPSA) is 63.8 Å². The number of hydrogen-bond donors (Lipinski definition) is 2. The van der Waals surface area contributed by atoms with Crippen LogP contribution in [-0.4, -0.2) is 16.5 Å². The fourth-order valence-electron chi connectivity index (χ4n) is 1.81. The molecule has 4 heteroatoms. The molecule has 0 aliphatic carbocycles. The lowest BCUT2D eigenvalue weighted by atomic mass is 9.98. The van der Waals surface area contributed by atoms with Crippen molar-refractivity contribution in [1.82, 2.24) is 9.97 Å². The number of nitrogens with two attached hydrogens (primary N) is 1. The number of nitrogen functional groups attached to an aromatic ring is 1. The van der Waals surface area contributed by atoms with E-state index in [1.807, 2.05) is 6.07 Å². The van der Waals surface area contributed by atoms with E-state index in [2.05, 4.69) is 46.5 Å². The third-order valence-electron chi connectivity index (χ3n) is 2.91. The van der Waals surface area contributed by atoms with Crippen molar-refractivity contribution in [2.75, 3.05) is 17.6 Å². The summed E-state index contributed by atoms with van der Waals surface area (Å²) in [5.41, 5.74) is 6.94. The number of aromatic nitrogens is 2. The Morgan fingerprint density at radius 3 is 2.72 bits per heavy atom. The molecule has 2 aromatic rings. The highest BCUT2D eigenvalue weighted by Crippen LogP contribution is 2.18. The van der Waals surface area contributed by atoms with Crippen molar-refractivity contribution in [3.8, 4) is 0 Å². The van der Waals surface area contributed by atoms with E-state index in [4.69, 9.17) is 5.73 Å². The average Bonchev–Trinajstić information content (AvgIpc) is 2.40. The van der Waals surface area contributed by atoms with E-state index in [1.54, 1.807) is 12.3 Å². The summed E-state index contributed by atoms with van der Waals surface area (Å²) in [6.07, 6.45) is 2.69.